The number of methoxy groups -OCH3 is 4. The zero-order valence-electron chi connectivity index (χ0n) is 20.3. The predicted octanol–water partition coefficient (Wildman–Crippen LogP) is 3.54. The maximum Gasteiger partial charge on any atom is 0.331 e. The minimum Gasteiger partial charge on any atom is -0.371 e. The van der Waals surface area contributed by atoms with Gasteiger partial charge in [-0.3, -0.25) is 0 Å². The molecule has 33 heavy (non-hydrogen) atoms. The molecule has 2 aromatic carbocycles. The third kappa shape index (κ3) is 5.78. The summed E-state index contributed by atoms with van der Waals surface area (Å²) in [7, 11) is 6.63. The number of nitrogens with zero attached hydrogens (tertiary/aromatic N) is 3. The maximum absolute atomic E-state index is 5.76. The molecule has 0 spiro atoms. The molecule has 0 unspecified atom stereocenters. The quantitative estimate of drug-likeness (QED) is 0.333. The molecule has 1 aromatic heterocycles. The van der Waals surface area contributed by atoms with Crippen molar-refractivity contribution in [3.05, 3.63) is 83.4 Å². The van der Waals surface area contributed by atoms with Gasteiger partial charge in [0.05, 0.1) is 0 Å². The molecule has 0 aliphatic heterocycles. The molecule has 8 nitrogen and oxygen atoms in total. The Balaban J connectivity index is 2.14. The number of hydrogen-bond donors (Lipinski definition) is 1. The highest BCUT2D eigenvalue weighted by atomic mass is 16.7. The van der Waals surface area contributed by atoms with Crippen LogP contribution in [0.5, 0.6) is 0 Å². The van der Waals surface area contributed by atoms with Crippen molar-refractivity contribution in [1.82, 2.24) is 9.77 Å². The Bertz CT molecular complexity index is 977. The molecule has 3 aromatic rings. The van der Waals surface area contributed by atoms with E-state index in [1.807, 2.05) is 71.7 Å². The Morgan fingerprint density at radius 1 is 0.818 bits per heavy atom. The Hall–Kier alpha value is -2.78. The Morgan fingerprint density at radius 2 is 1.39 bits per heavy atom. The average molecular weight is 456 g/mol. The first-order chi connectivity index (χ1) is 16.0. The van der Waals surface area contributed by atoms with E-state index >= 15 is 0 Å². The molecule has 178 valence electrons. The smallest absolute Gasteiger partial charge is 0.331 e. The van der Waals surface area contributed by atoms with Crippen LogP contribution in [-0.2, 0) is 25.5 Å². The van der Waals surface area contributed by atoms with E-state index in [4.69, 9.17) is 24.0 Å². The SMILES string of the molecule is COC(OC)[C@H](Nn1c([C@H](C)OC)n[n+](Cc2ccccc2)c1[C@H](C)OC)c1ccccc1. The van der Waals surface area contributed by atoms with Gasteiger partial charge < -0.3 is 18.9 Å². The molecule has 0 amide bonds. The third-order valence-electron chi connectivity index (χ3n) is 5.72. The normalized spacial score (nSPS) is 14.3. The van der Waals surface area contributed by atoms with E-state index in [1.165, 1.54) is 0 Å². The van der Waals surface area contributed by atoms with Crippen molar-refractivity contribution >= 4 is 0 Å². The lowest BCUT2D eigenvalue weighted by molar-refractivity contribution is -0.754. The topological polar surface area (TPSA) is 70.7 Å². The van der Waals surface area contributed by atoms with Gasteiger partial charge in [-0.25, -0.2) is 5.43 Å². The monoisotopic (exact) mass is 455 g/mol. The van der Waals surface area contributed by atoms with E-state index in [9.17, 15) is 0 Å². The summed E-state index contributed by atoms with van der Waals surface area (Å²) in [5, 5.41) is 4.93. The molecule has 1 heterocycles. The summed E-state index contributed by atoms with van der Waals surface area (Å²) in [5.74, 6) is 1.58. The van der Waals surface area contributed by atoms with Crippen LogP contribution in [0.4, 0.5) is 0 Å². The highest BCUT2D eigenvalue weighted by Gasteiger charge is 2.36. The molecule has 1 N–H and O–H groups in total. The Labute approximate surface area is 196 Å². The van der Waals surface area contributed by atoms with Gasteiger partial charge in [0, 0.05) is 28.4 Å². The second-order valence-corrected chi connectivity index (χ2v) is 7.81. The molecule has 0 radical (unpaired) electrons. The molecular formula is C25H35N4O4+. The Morgan fingerprint density at radius 3 is 1.94 bits per heavy atom. The van der Waals surface area contributed by atoms with Gasteiger partial charge in [0.15, 0.2) is 12.4 Å². The molecule has 0 saturated heterocycles. The van der Waals surface area contributed by atoms with E-state index in [0.717, 1.165) is 22.8 Å². The third-order valence-corrected chi connectivity index (χ3v) is 5.72. The van der Waals surface area contributed by atoms with Crippen LogP contribution in [0.1, 0.15) is 54.9 Å². The van der Waals surface area contributed by atoms with Crippen LogP contribution in [-0.4, -0.2) is 44.5 Å². The number of hydrogen-bond acceptors (Lipinski definition) is 6. The van der Waals surface area contributed by atoms with E-state index < -0.39 is 6.29 Å². The highest BCUT2D eigenvalue weighted by molar-refractivity contribution is 5.23. The van der Waals surface area contributed by atoms with Crippen LogP contribution in [0.3, 0.4) is 0 Å². The van der Waals surface area contributed by atoms with Gasteiger partial charge in [-0.05, 0) is 30.1 Å². The van der Waals surface area contributed by atoms with E-state index in [0.29, 0.717) is 6.54 Å². The first-order valence-corrected chi connectivity index (χ1v) is 11.0. The predicted molar refractivity (Wildman–Crippen MR) is 125 cm³/mol. The molecule has 0 aliphatic carbocycles. The minimum absolute atomic E-state index is 0.244. The van der Waals surface area contributed by atoms with Gasteiger partial charge in [-0.1, -0.05) is 60.7 Å². The maximum atomic E-state index is 5.76. The number of benzene rings is 2. The molecule has 8 heteroatoms. The van der Waals surface area contributed by atoms with Crippen molar-refractivity contribution in [1.29, 1.82) is 0 Å². The molecule has 0 bridgehead atoms. The van der Waals surface area contributed by atoms with Crippen molar-refractivity contribution < 1.29 is 23.6 Å². The lowest BCUT2D eigenvalue weighted by atomic mass is 10.1. The standard InChI is InChI=1S/C25H35N4O4/c1-18(30-3)23-27-28(17-20-13-9-7-10-14-20)24(19(2)31-4)29(23)26-22(25(32-5)33-6)21-15-11-8-12-16-21/h7-16,18-19,22,25-26H,17H2,1-6H3/q+1/t18-,19-,22+/m0/s1. The van der Waals surface area contributed by atoms with Crippen molar-refractivity contribution in [2.45, 2.75) is 44.9 Å². The molecule has 3 rings (SSSR count). The van der Waals surface area contributed by atoms with Gasteiger partial charge in [0.2, 0.25) is 0 Å². The summed E-state index contributed by atoms with van der Waals surface area (Å²) >= 11 is 0. The summed E-state index contributed by atoms with van der Waals surface area (Å²) in [6.45, 7) is 4.56. The van der Waals surface area contributed by atoms with E-state index in [2.05, 4.69) is 17.6 Å². The van der Waals surface area contributed by atoms with Crippen LogP contribution >= 0.6 is 0 Å². The summed E-state index contributed by atoms with van der Waals surface area (Å²) in [6.07, 6.45) is -1.04. The van der Waals surface area contributed by atoms with E-state index in [1.54, 1.807) is 28.4 Å². The number of nitrogens with one attached hydrogen (secondary N) is 1. The zero-order chi connectivity index (χ0) is 23.8. The fraction of sp³-hybridized carbons (Fsp3) is 0.440. The van der Waals surface area contributed by atoms with Gasteiger partial charge in [-0.2, -0.15) is 0 Å². The molecule has 0 aliphatic rings. The molecule has 0 fully saturated rings. The van der Waals surface area contributed by atoms with Crippen LogP contribution in [0.2, 0.25) is 0 Å². The summed E-state index contributed by atoms with van der Waals surface area (Å²) < 4.78 is 26.6. The first kappa shape index (κ1) is 24.9. The van der Waals surface area contributed by atoms with Gasteiger partial charge in [0.25, 0.3) is 5.82 Å². The lowest BCUT2D eigenvalue weighted by Crippen LogP contribution is -2.44. The minimum atomic E-state index is -0.534. The highest BCUT2D eigenvalue weighted by Crippen LogP contribution is 2.25. The van der Waals surface area contributed by atoms with Gasteiger partial charge >= 0.3 is 5.82 Å². The zero-order valence-corrected chi connectivity index (χ0v) is 20.3. The van der Waals surface area contributed by atoms with E-state index in [-0.39, 0.29) is 18.2 Å². The summed E-state index contributed by atoms with van der Waals surface area (Å²) in [4.78, 5) is 0. The average Bonchev–Trinajstić information content (AvgIpc) is 3.21. The summed E-state index contributed by atoms with van der Waals surface area (Å²) in [6, 6.07) is 20.0. The fourth-order valence-corrected chi connectivity index (χ4v) is 3.78. The molecular weight excluding hydrogens is 420 g/mol. The Kier molecular flexibility index (Phi) is 8.96. The molecule has 0 saturated carbocycles. The first-order valence-electron chi connectivity index (χ1n) is 11.0. The largest absolute Gasteiger partial charge is 0.371 e. The summed E-state index contributed by atoms with van der Waals surface area (Å²) in [5.41, 5.74) is 5.75. The van der Waals surface area contributed by atoms with Crippen LogP contribution in [0.25, 0.3) is 0 Å². The van der Waals surface area contributed by atoms with Crippen LogP contribution < -0.4 is 10.1 Å². The van der Waals surface area contributed by atoms with Crippen molar-refractivity contribution in [2.24, 2.45) is 0 Å². The van der Waals surface area contributed by atoms with Gasteiger partial charge in [0.1, 0.15) is 18.7 Å². The fourth-order valence-electron chi connectivity index (χ4n) is 3.78. The van der Waals surface area contributed by atoms with Crippen LogP contribution in [0.15, 0.2) is 60.7 Å². The van der Waals surface area contributed by atoms with Crippen molar-refractivity contribution in [2.75, 3.05) is 33.9 Å². The van der Waals surface area contributed by atoms with Crippen molar-refractivity contribution in [3.63, 3.8) is 0 Å². The molecule has 3 atom stereocenters. The second-order valence-electron chi connectivity index (χ2n) is 7.81. The number of aromatic nitrogens is 3. The van der Waals surface area contributed by atoms with Crippen LogP contribution in [0, 0.1) is 0 Å². The van der Waals surface area contributed by atoms with Crippen molar-refractivity contribution in [3.8, 4) is 0 Å². The number of ether oxygens (including phenoxy) is 4. The lowest BCUT2D eigenvalue weighted by Gasteiger charge is -2.26. The number of rotatable bonds is 12. The van der Waals surface area contributed by atoms with Gasteiger partial charge in [-0.15, -0.1) is 9.36 Å². The second kappa shape index (κ2) is 11.9.